The number of amides is 1. The number of nitrogens with zero attached hydrogens (tertiary/aromatic N) is 1. The maximum atomic E-state index is 14.1. The van der Waals surface area contributed by atoms with E-state index in [0.717, 1.165) is 49.8 Å². The SMILES string of the molecule is CCN=c1cc2oc3cc(NCC)c(C)cc3c(-c3c(Cl)c(C(=O)NCc4ccc(-c5c6ccc(=O)cc-6oc6cc(O)ccc56)cc4)cc(Cl)c3C(=O)O)c-2cc1C. The van der Waals surface area contributed by atoms with Crippen molar-refractivity contribution < 1.29 is 28.6 Å². The second-order valence-corrected chi connectivity index (χ2v) is 15.0. The highest BCUT2D eigenvalue weighted by Crippen LogP contribution is 2.48. The number of carbonyl (C=O) groups is 2. The molecule has 4 aromatic rings. The van der Waals surface area contributed by atoms with Crippen LogP contribution in [0.4, 0.5) is 5.69 Å². The van der Waals surface area contributed by atoms with E-state index in [9.17, 15) is 24.6 Å². The van der Waals surface area contributed by atoms with E-state index in [-0.39, 0.29) is 44.5 Å². The first-order valence-corrected chi connectivity index (χ1v) is 19.7. The van der Waals surface area contributed by atoms with Crippen LogP contribution >= 0.6 is 23.2 Å². The first-order valence-electron chi connectivity index (χ1n) is 19.0. The number of rotatable bonds is 9. The number of carboxylic acid groups (broad SMARTS) is 1. The molecule has 0 fully saturated rings. The fraction of sp³-hybridized carbons (Fsp3) is 0.149. The third kappa shape index (κ3) is 7.15. The van der Waals surface area contributed by atoms with Crippen molar-refractivity contribution in [3.63, 3.8) is 0 Å². The minimum Gasteiger partial charge on any atom is -0.508 e. The van der Waals surface area contributed by atoms with Crippen molar-refractivity contribution in [2.75, 3.05) is 18.4 Å². The van der Waals surface area contributed by atoms with Gasteiger partial charge in [0.1, 0.15) is 28.4 Å². The van der Waals surface area contributed by atoms with E-state index >= 15 is 0 Å². The van der Waals surface area contributed by atoms with Crippen LogP contribution in [0.1, 0.15) is 51.3 Å². The van der Waals surface area contributed by atoms with Gasteiger partial charge in [0.15, 0.2) is 5.43 Å². The molecule has 4 aliphatic rings. The lowest BCUT2D eigenvalue weighted by Crippen LogP contribution is -2.23. The summed E-state index contributed by atoms with van der Waals surface area (Å²) < 4.78 is 12.5. The Morgan fingerprint density at radius 3 is 2.20 bits per heavy atom. The Labute approximate surface area is 348 Å². The zero-order valence-electron chi connectivity index (χ0n) is 32.4. The van der Waals surface area contributed by atoms with Gasteiger partial charge < -0.3 is 29.7 Å². The van der Waals surface area contributed by atoms with Crippen LogP contribution in [0.25, 0.3) is 66.8 Å². The molecule has 0 aromatic heterocycles. The van der Waals surface area contributed by atoms with E-state index in [1.165, 1.54) is 24.3 Å². The molecule has 0 atom stereocenters. The number of halogens is 2. The topological polar surface area (TPSA) is 154 Å². The van der Waals surface area contributed by atoms with Crippen molar-refractivity contribution >= 4 is 62.7 Å². The molecule has 1 amide bonds. The van der Waals surface area contributed by atoms with Crippen molar-refractivity contribution in [2.24, 2.45) is 4.99 Å². The van der Waals surface area contributed by atoms with E-state index in [1.54, 1.807) is 18.2 Å². The second-order valence-electron chi connectivity index (χ2n) is 14.3. The summed E-state index contributed by atoms with van der Waals surface area (Å²) in [7, 11) is 0. The molecule has 0 radical (unpaired) electrons. The molecule has 2 aliphatic heterocycles. The Morgan fingerprint density at radius 1 is 0.763 bits per heavy atom. The second kappa shape index (κ2) is 15.6. The average molecular weight is 827 g/mol. The standard InChI is InChI=1S/C47H37Cl2N3O7/c1-5-50-35-20-39-31(15-23(35)3)42(32-16-24(4)36(51-6-2)21-40(32)59-39)44-43(47(56)57)34(48)19-33(45(44)49)46(55)52-22-25-7-9-26(10-8-25)41-29-13-11-27(53)17-37(29)58-38-18-28(54)12-14-30(38)41/h7-21,50,53H,5-6,22H2,1-4H3,(H,52,55)(H,56,57). The van der Waals surface area contributed by atoms with E-state index in [4.69, 9.17) is 32.0 Å². The molecule has 4 aromatic carbocycles. The molecule has 12 heteroatoms. The van der Waals surface area contributed by atoms with Crippen LogP contribution in [0.3, 0.4) is 0 Å². The molecule has 4 N–H and O–H groups in total. The molecular weight excluding hydrogens is 789 g/mol. The quantitative estimate of drug-likeness (QED) is 0.105. The zero-order valence-corrected chi connectivity index (χ0v) is 33.9. The smallest absolute Gasteiger partial charge is 0.337 e. The van der Waals surface area contributed by atoms with Crippen LogP contribution in [0.5, 0.6) is 5.75 Å². The maximum absolute atomic E-state index is 14.1. The third-order valence-corrected chi connectivity index (χ3v) is 11.1. The number of phenols is 1. The summed E-state index contributed by atoms with van der Waals surface area (Å²) in [6.45, 7) is 9.12. The number of hydrogen-bond donors (Lipinski definition) is 4. The number of carboxylic acids is 1. The average Bonchev–Trinajstić information content (AvgIpc) is 3.20. The Kier molecular flexibility index (Phi) is 10.4. The number of aromatic hydroxyl groups is 1. The number of nitrogens with one attached hydrogen (secondary N) is 2. The largest absolute Gasteiger partial charge is 0.508 e. The lowest BCUT2D eigenvalue weighted by molar-refractivity contribution is 0.0697. The van der Waals surface area contributed by atoms with E-state index in [1.807, 2.05) is 76.2 Å². The number of fused-ring (bicyclic) bond motifs is 4. The van der Waals surface area contributed by atoms with Crippen molar-refractivity contribution in [3.8, 4) is 50.7 Å². The number of phenolic OH excluding ortho intramolecular Hbond substituents is 1. The zero-order chi connectivity index (χ0) is 41.7. The van der Waals surface area contributed by atoms with Crippen LogP contribution in [0, 0.1) is 13.8 Å². The highest BCUT2D eigenvalue weighted by atomic mass is 35.5. The molecule has 0 spiro atoms. The summed E-state index contributed by atoms with van der Waals surface area (Å²) in [6.07, 6.45) is 0. The van der Waals surface area contributed by atoms with Crippen LogP contribution in [0.15, 0.2) is 110 Å². The molecule has 296 valence electrons. The van der Waals surface area contributed by atoms with Gasteiger partial charge in [-0.15, -0.1) is 0 Å². The summed E-state index contributed by atoms with van der Waals surface area (Å²) in [6, 6.07) is 25.8. The Hall–Kier alpha value is -6.62. The number of benzene rings is 6. The Morgan fingerprint density at radius 2 is 1.49 bits per heavy atom. The van der Waals surface area contributed by atoms with Crippen molar-refractivity contribution in [1.82, 2.24) is 5.32 Å². The molecule has 0 unspecified atom stereocenters. The number of anilines is 1. The Bertz CT molecular complexity index is 3080. The number of carbonyl (C=O) groups excluding carboxylic acids is 1. The van der Waals surface area contributed by atoms with Gasteiger partial charge in [-0.25, -0.2) is 4.79 Å². The summed E-state index contributed by atoms with van der Waals surface area (Å²) in [5.41, 5.74) is 7.29. The number of hydrogen-bond acceptors (Lipinski definition) is 8. The van der Waals surface area contributed by atoms with Crippen LogP contribution in [-0.4, -0.2) is 35.2 Å². The van der Waals surface area contributed by atoms with Crippen LogP contribution < -0.4 is 21.4 Å². The van der Waals surface area contributed by atoms with E-state index < -0.39 is 11.9 Å². The molecular formula is C47H37Cl2N3O7. The highest BCUT2D eigenvalue weighted by Gasteiger charge is 2.30. The van der Waals surface area contributed by atoms with Gasteiger partial charge in [0.25, 0.3) is 5.91 Å². The predicted molar refractivity (Wildman–Crippen MR) is 232 cm³/mol. The fourth-order valence-corrected chi connectivity index (χ4v) is 8.27. The van der Waals surface area contributed by atoms with Gasteiger partial charge in [-0.3, -0.25) is 14.6 Å². The van der Waals surface area contributed by atoms with Crippen molar-refractivity contribution in [3.05, 3.63) is 144 Å². The minimum absolute atomic E-state index is 0.00216. The number of aryl methyl sites for hydroxylation is 2. The first kappa shape index (κ1) is 39.2. The van der Waals surface area contributed by atoms with Crippen molar-refractivity contribution in [2.45, 2.75) is 34.2 Å². The monoisotopic (exact) mass is 825 g/mol. The molecule has 10 nitrogen and oxygen atoms in total. The van der Waals surface area contributed by atoms with Gasteiger partial charge in [-0.05, 0) is 92.4 Å². The minimum atomic E-state index is -1.31. The maximum Gasteiger partial charge on any atom is 0.337 e. The lowest BCUT2D eigenvalue weighted by Gasteiger charge is -2.21. The van der Waals surface area contributed by atoms with Gasteiger partial charge in [-0.2, -0.15) is 0 Å². The van der Waals surface area contributed by atoms with Gasteiger partial charge in [0.05, 0.1) is 26.5 Å². The molecule has 0 saturated carbocycles. The van der Waals surface area contributed by atoms with Crippen LogP contribution in [0.2, 0.25) is 10.0 Å². The van der Waals surface area contributed by atoms with E-state index in [2.05, 4.69) is 15.6 Å². The molecule has 2 aliphatic carbocycles. The first-order chi connectivity index (χ1) is 28.4. The molecule has 0 saturated heterocycles. The van der Waals surface area contributed by atoms with E-state index in [0.29, 0.717) is 52.3 Å². The van der Waals surface area contributed by atoms with Crippen molar-refractivity contribution in [1.29, 1.82) is 0 Å². The van der Waals surface area contributed by atoms with Gasteiger partial charge in [-0.1, -0.05) is 47.5 Å². The molecule has 2 heterocycles. The fourth-order valence-electron chi connectivity index (χ4n) is 7.65. The van der Waals surface area contributed by atoms with Crippen LogP contribution in [-0.2, 0) is 6.54 Å². The summed E-state index contributed by atoms with van der Waals surface area (Å²) in [4.78, 5) is 43.9. The normalized spacial score (nSPS) is 11.9. The lowest BCUT2D eigenvalue weighted by atomic mass is 9.88. The molecule has 59 heavy (non-hydrogen) atoms. The predicted octanol–water partition coefficient (Wildman–Crippen LogP) is 10.7. The molecule has 8 rings (SSSR count). The summed E-state index contributed by atoms with van der Waals surface area (Å²) >= 11 is 14.0. The van der Waals surface area contributed by atoms with Gasteiger partial charge in [0, 0.05) is 88.2 Å². The highest BCUT2D eigenvalue weighted by molar-refractivity contribution is 6.41. The van der Waals surface area contributed by atoms with Gasteiger partial charge in [0.2, 0.25) is 0 Å². The number of aromatic carboxylic acids is 1. The van der Waals surface area contributed by atoms with Gasteiger partial charge >= 0.3 is 5.97 Å². The third-order valence-electron chi connectivity index (χ3n) is 10.4. The summed E-state index contributed by atoms with van der Waals surface area (Å²) in [5.74, 6) is -0.998. The summed E-state index contributed by atoms with van der Waals surface area (Å²) in [5, 5.41) is 28.9. The Balaban J connectivity index is 1.20. The molecule has 0 bridgehead atoms.